The molecule has 0 amide bonds. The highest BCUT2D eigenvalue weighted by atomic mass is 16.1. The molecule has 0 aliphatic rings. The number of nitrogens with zero attached hydrogens (tertiary/aromatic N) is 1. The predicted octanol–water partition coefficient (Wildman–Crippen LogP) is 3.54. The van der Waals surface area contributed by atoms with Crippen molar-refractivity contribution in [1.82, 2.24) is 4.98 Å². The van der Waals surface area contributed by atoms with Crippen molar-refractivity contribution >= 4 is 6.29 Å². The van der Waals surface area contributed by atoms with Crippen molar-refractivity contribution in [3.8, 4) is 0 Å². The lowest BCUT2D eigenvalue weighted by atomic mass is 9.90. The number of benzene rings is 1. The summed E-state index contributed by atoms with van der Waals surface area (Å²) in [6.07, 6.45) is 4.44. The molecule has 1 aromatic heterocycles. The minimum atomic E-state index is -0.202. The number of pyridine rings is 1. The summed E-state index contributed by atoms with van der Waals surface area (Å²) in [5.41, 5.74) is 3.29. The van der Waals surface area contributed by atoms with Crippen molar-refractivity contribution in [1.29, 1.82) is 0 Å². The van der Waals surface area contributed by atoms with E-state index in [1.54, 1.807) is 12.4 Å². The molecule has 0 aliphatic carbocycles. The zero-order valence-electron chi connectivity index (χ0n) is 10.7. The number of carbonyl (C=O) groups is 1. The van der Waals surface area contributed by atoms with Gasteiger partial charge in [0.25, 0.3) is 0 Å². The molecule has 2 aromatic rings. The first kappa shape index (κ1) is 12.5. The van der Waals surface area contributed by atoms with Crippen LogP contribution in [0.15, 0.2) is 48.8 Å². The Balaban J connectivity index is 2.39. The molecular weight excluding hydrogens is 222 g/mol. The Bertz CT molecular complexity index is 520. The molecule has 0 fully saturated rings. The molecule has 1 unspecified atom stereocenters. The molecule has 92 valence electrons. The van der Waals surface area contributed by atoms with Crippen molar-refractivity contribution in [2.45, 2.75) is 25.7 Å². The van der Waals surface area contributed by atoms with Crippen LogP contribution in [0.4, 0.5) is 0 Å². The summed E-state index contributed by atoms with van der Waals surface area (Å²) in [4.78, 5) is 15.4. The molecule has 0 saturated carbocycles. The van der Waals surface area contributed by atoms with Gasteiger partial charge in [0, 0.05) is 12.4 Å². The van der Waals surface area contributed by atoms with Gasteiger partial charge in [-0.15, -0.1) is 0 Å². The number of hydrogen-bond donors (Lipinski definition) is 0. The summed E-state index contributed by atoms with van der Waals surface area (Å²) < 4.78 is 0. The second-order valence-corrected chi connectivity index (χ2v) is 4.72. The van der Waals surface area contributed by atoms with Gasteiger partial charge >= 0.3 is 0 Å². The third kappa shape index (κ3) is 2.65. The smallest absolute Gasteiger partial charge is 0.131 e. The quantitative estimate of drug-likeness (QED) is 0.764. The highest BCUT2D eigenvalue weighted by Crippen LogP contribution is 2.25. The van der Waals surface area contributed by atoms with Gasteiger partial charge in [-0.3, -0.25) is 4.98 Å². The van der Waals surface area contributed by atoms with E-state index in [0.29, 0.717) is 5.92 Å². The van der Waals surface area contributed by atoms with Gasteiger partial charge < -0.3 is 4.79 Å². The van der Waals surface area contributed by atoms with E-state index in [9.17, 15) is 4.79 Å². The lowest BCUT2D eigenvalue weighted by Gasteiger charge is -2.13. The Morgan fingerprint density at radius 2 is 1.67 bits per heavy atom. The fourth-order valence-corrected chi connectivity index (χ4v) is 2.03. The highest BCUT2D eigenvalue weighted by Gasteiger charge is 2.13. The summed E-state index contributed by atoms with van der Waals surface area (Å²) >= 11 is 0. The minimum absolute atomic E-state index is 0.202. The SMILES string of the molecule is CC(C)c1cccc(C(C=O)c2ccncc2)c1. The van der Waals surface area contributed by atoms with Crippen LogP contribution in [0.25, 0.3) is 0 Å². The van der Waals surface area contributed by atoms with Crippen molar-refractivity contribution < 1.29 is 4.79 Å². The van der Waals surface area contributed by atoms with Gasteiger partial charge in [0.15, 0.2) is 0 Å². The Morgan fingerprint density at radius 1 is 1.00 bits per heavy atom. The summed E-state index contributed by atoms with van der Waals surface area (Å²) in [5.74, 6) is 0.265. The normalized spacial score (nSPS) is 12.4. The van der Waals surface area contributed by atoms with E-state index < -0.39 is 0 Å². The molecule has 18 heavy (non-hydrogen) atoms. The average Bonchev–Trinajstić information content (AvgIpc) is 2.41. The standard InChI is InChI=1S/C16H17NO/c1-12(2)14-4-3-5-15(10-14)16(11-18)13-6-8-17-9-7-13/h3-12,16H,1-2H3. The Labute approximate surface area is 108 Å². The molecule has 1 heterocycles. The van der Waals surface area contributed by atoms with Gasteiger partial charge in [-0.05, 0) is 34.7 Å². The van der Waals surface area contributed by atoms with E-state index >= 15 is 0 Å². The van der Waals surface area contributed by atoms with Crippen molar-refractivity contribution in [3.63, 3.8) is 0 Å². The van der Waals surface area contributed by atoms with Crippen LogP contribution in [0.3, 0.4) is 0 Å². The predicted molar refractivity (Wildman–Crippen MR) is 72.7 cm³/mol. The molecule has 2 rings (SSSR count). The average molecular weight is 239 g/mol. The Kier molecular flexibility index (Phi) is 3.88. The molecule has 1 atom stereocenters. The maximum absolute atomic E-state index is 11.4. The molecule has 0 saturated heterocycles. The molecule has 1 aromatic carbocycles. The molecule has 0 N–H and O–H groups in total. The summed E-state index contributed by atoms with van der Waals surface area (Å²) in [5, 5.41) is 0. The molecule has 2 heteroatoms. The topological polar surface area (TPSA) is 30.0 Å². The van der Waals surface area contributed by atoms with Crippen molar-refractivity contribution in [2.75, 3.05) is 0 Å². The van der Waals surface area contributed by atoms with E-state index in [1.807, 2.05) is 24.3 Å². The summed E-state index contributed by atoms with van der Waals surface area (Å²) in [6.45, 7) is 4.31. The minimum Gasteiger partial charge on any atom is -0.302 e. The van der Waals surface area contributed by atoms with Crippen LogP contribution in [0.5, 0.6) is 0 Å². The van der Waals surface area contributed by atoms with Gasteiger partial charge in [0.05, 0.1) is 5.92 Å². The highest BCUT2D eigenvalue weighted by molar-refractivity contribution is 5.68. The third-order valence-electron chi connectivity index (χ3n) is 3.14. The number of hydrogen-bond acceptors (Lipinski definition) is 2. The van der Waals surface area contributed by atoms with Crippen LogP contribution in [0.1, 0.15) is 42.4 Å². The first-order chi connectivity index (χ1) is 8.72. The Morgan fingerprint density at radius 3 is 2.28 bits per heavy atom. The van der Waals surface area contributed by atoms with Crippen molar-refractivity contribution in [2.24, 2.45) is 0 Å². The first-order valence-electron chi connectivity index (χ1n) is 6.17. The molecule has 0 bridgehead atoms. The third-order valence-corrected chi connectivity index (χ3v) is 3.14. The van der Waals surface area contributed by atoms with Gasteiger partial charge in [-0.2, -0.15) is 0 Å². The first-order valence-corrected chi connectivity index (χ1v) is 6.17. The second-order valence-electron chi connectivity index (χ2n) is 4.72. The fraction of sp³-hybridized carbons (Fsp3) is 0.250. The van der Waals surface area contributed by atoms with Crippen LogP contribution >= 0.6 is 0 Å². The fourth-order valence-electron chi connectivity index (χ4n) is 2.03. The number of rotatable bonds is 4. The van der Waals surface area contributed by atoms with Gasteiger partial charge in [-0.25, -0.2) is 0 Å². The maximum Gasteiger partial charge on any atom is 0.131 e. The van der Waals surface area contributed by atoms with E-state index in [-0.39, 0.29) is 5.92 Å². The monoisotopic (exact) mass is 239 g/mol. The van der Waals surface area contributed by atoms with Gasteiger partial charge in [0.2, 0.25) is 0 Å². The van der Waals surface area contributed by atoms with E-state index in [1.165, 1.54) is 5.56 Å². The van der Waals surface area contributed by atoms with Crippen LogP contribution in [0, 0.1) is 0 Å². The van der Waals surface area contributed by atoms with Crippen LogP contribution in [0.2, 0.25) is 0 Å². The second kappa shape index (κ2) is 5.58. The lowest BCUT2D eigenvalue weighted by molar-refractivity contribution is -0.108. The number of carbonyl (C=O) groups excluding carboxylic acids is 1. The molecule has 0 radical (unpaired) electrons. The summed E-state index contributed by atoms with van der Waals surface area (Å²) in [6, 6.07) is 12.0. The van der Waals surface area contributed by atoms with E-state index in [4.69, 9.17) is 0 Å². The van der Waals surface area contributed by atoms with Gasteiger partial charge in [-0.1, -0.05) is 38.1 Å². The number of aromatic nitrogens is 1. The molecular formula is C16H17NO. The van der Waals surface area contributed by atoms with Gasteiger partial charge in [0.1, 0.15) is 6.29 Å². The maximum atomic E-state index is 11.4. The van der Waals surface area contributed by atoms with Crippen LogP contribution in [-0.4, -0.2) is 11.3 Å². The van der Waals surface area contributed by atoms with Crippen molar-refractivity contribution in [3.05, 3.63) is 65.5 Å². The summed E-state index contributed by atoms with van der Waals surface area (Å²) in [7, 11) is 0. The zero-order valence-corrected chi connectivity index (χ0v) is 10.7. The lowest BCUT2D eigenvalue weighted by Crippen LogP contribution is -2.03. The van der Waals surface area contributed by atoms with Crippen LogP contribution in [-0.2, 0) is 4.79 Å². The Hall–Kier alpha value is -1.96. The van der Waals surface area contributed by atoms with E-state index in [0.717, 1.165) is 17.4 Å². The van der Waals surface area contributed by atoms with Crippen LogP contribution < -0.4 is 0 Å². The molecule has 2 nitrogen and oxygen atoms in total. The number of aldehydes is 1. The largest absolute Gasteiger partial charge is 0.302 e. The zero-order chi connectivity index (χ0) is 13.0. The molecule has 0 spiro atoms. The molecule has 0 aliphatic heterocycles. The van der Waals surface area contributed by atoms with E-state index in [2.05, 4.69) is 31.0 Å².